The van der Waals surface area contributed by atoms with E-state index in [1.54, 1.807) is 4.90 Å². The first-order chi connectivity index (χ1) is 15.1. The van der Waals surface area contributed by atoms with Gasteiger partial charge in [-0.3, -0.25) is 4.79 Å². The Bertz CT molecular complexity index is 1210. The number of thiazole rings is 1. The third-order valence-corrected chi connectivity index (χ3v) is 6.16. The van der Waals surface area contributed by atoms with E-state index in [4.69, 9.17) is 9.26 Å². The second kappa shape index (κ2) is 7.96. The lowest BCUT2D eigenvalue weighted by molar-refractivity contribution is 0.0181. The molecule has 0 aliphatic carbocycles. The summed E-state index contributed by atoms with van der Waals surface area (Å²) >= 11 is 1.44. The van der Waals surface area contributed by atoms with Crippen molar-refractivity contribution < 1.29 is 14.1 Å². The molecule has 31 heavy (non-hydrogen) atoms. The Hall–Kier alpha value is -3.52. The maximum Gasteiger partial charge on any atom is 0.266 e. The molecule has 0 N–H and O–H groups in total. The number of nitrogens with zero attached hydrogens (tertiary/aromatic N) is 4. The van der Waals surface area contributed by atoms with Gasteiger partial charge in [-0.2, -0.15) is 4.98 Å². The Morgan fingerprint density at radius 3 is 2.45 bits per heavy atom. The normalized spacial score (nSPS) is 13.8. The molecule has 0 radical (unpaired) electrons. The molecule has 4 aromatic rings. The molecule has 1 aliphatic rings. The average Bonchev–Trinajstić information content (AvgIpc) is 3.37. The topological polar surface area (TPSA) is 81.4 Å². The zero-order valence-corrected chi connectivity index (χ0v) is 17.9. The van der Waals surface area contributed by atoms with E-state index in [9.17, 15) is 4.79 Å². The van der Waals surface area contributed by atoms with Crippen molar-refractivity contribution in [3.63, 3.8) is 0 Å². The van der Waals surface area contributed by atoms with Crippen molar-refractivity contribution in [1.29, 1.82) is 0 Å². The first-order valence-corrected chi connectivity index (χ1v) is 10.8. The Balaban J connectivity index is 1.19. The highest BCUT2D eigenvalue weighted by atomic mass is 32.1. The van der Waals surface area contributed by atoms with Gasteiger partial charge in [0.1, 0.15) is 16.7 Å². The van der Waals surface area contributed by atoms with Crippen LogP contribution in [-0.2, 0) is 0 Å². The molecule has 156 valence electrons. The van der Waals surface area contributed by atoms with Gasteiger partial charge in [0.15, 0.2) is 0 Å². The van der Waals surface area contributed by atoms with Gasteiger partial charge in [-0.15, -0.1) is 11.3 Å². The van der Waals surface area contributed by atoms with Gasteiger partial charge < -0.3 is 14.2 Å². The van der Waals surface area contributed by atoms with E-state index in [0.29, 0.717) is 24.8 Å². The Kier molecular flexibility index (Phi) is 4.99. The molecule has 0 spiro atoms. The van der Waals surface area contributed by atoms with Crippen molar-refractivity contribution in [3.05, 3.63) is 70.2 Å². The summed E-state index contributed by atoms with van der Waals surface area (Å²) in [5.41, 5.74) is 2.53. The molecule has 0 bridgehead atoms. The number of aromatic nitrogens is 3. The van der Waals surface area contributed by atoms with Gasteiger partial charge in [0.05, 0.1) is 23.8 Å². The van der Waals surface area contributed by atoms with Crippen molar-refractivity contribution in [2.24, 2.45) is 0 Å². The smallest absolute Gasteiger partial charge is 0.266 e. The van der Waals surface area contributed by atoms with Crippen molar-refractivity contribution >= 4 is 17.2 Å². The van der Waals surface area contributed by atoms with Gasteiger partial charge in [0, 0.05) is 11.1 Å². The van der Waals surface area contributed by atoms with Gasteiger partial charge in [-0.25, -0.2) is 4.98 Å². The maximum atomic E-state index is 12.6. The SMILES string of the molecule is Cc1nc(C)c(C(=O)N2CC(Oc3ccc(-c4nc(-c5ccccc5)no4)cc3)C2)s1. The zero-order valence-electron chi connectivity index (χ0n) is 17.1. The van der Waals surface area contributed by atoms with E-state index in [1.807, 2.05) is 68.4 Å². The number of carbonyl (C=O) groups excluding carboxylic acids is 1. The van der Waals surface area contributed by atoms with E-state index >= 15 is 0 Å². The lowest BCUT2D eigenvalue weighted by Crippen LogP contribution is -2.56. The van der Waals surface area contributed by atoms with Crippen molar-refractivity contribution in [2.75, 3.05) is 13.1 Å². The molecule has 5 rings (SSSR count). The van der Waals surface area contributed by atoms with Crippen LogP contribution in [0.3, 0.4) is 0 Å². The van der Waals surface area contributed by atoms with E-state index in [2.05, 4.69) is 15.1 Å². The molecule has 0 saturated carbocycles. The Morgan fingerprint density at radius 1 is 1.03 bits per heavy atom. The number of aryl methyl sites for hydroxylation is 2. The molecule has 1 saturated heterocycles. The van der Waals surface area contributed by atoms with Crippen LogP contribution in [0.5, 0.6) is 5.75 Å². The summed E-state index contributed by atoms with van der Waals surface area (Å²) in [6.45, 7) is 4.93. The van der Waals surface area contributed by atoms with Gasteiger partial charge in [0.25, 0.3) is 11.8 Å². The fourth-order valence-corrected chi connectivity index (χ4v) is 4.35. The van der Waals surface area contributed by atoms with Crippen LogP contribution in [0, 0.1) is 13.8 Å². The number of likely N-dealkylation sites (tertiary alicyclic amines) is 1. The third-order valence-electron chi connectivity index (χ3n) is 5.10. The quantitative estimate of drug-likeness (QED) is 0.466. The maximum absolute atomic E-state index is 12.6. The van der Waals surface area contributed by atoms with Crippen LogP contribution in [0.1, 0.15) is 20.4 Å². The molecule has 2 aromatic carbocycles. The van der Waals surface area contributed by atoms with E-state index in [0.717, 1.165) is 32.5 Å². The molecular formula is C23H20N4O3S. The first-order valence-electron chi connectivity index (χ1n) is 9.96. The number of hydrogen-bond donors (Lipinski definition) is 0. The molecule has 1 fully saturated rings. The van der Waals surface area contributed by atoms with Crippen LogP contribution >= 0.6 is 11.3 Å². The molecule has 8 heteroatoms. The third kappa shape index (κ3) is 3.94. The van der Waals surface area contributed by atoms with Gasteiger partial charge in [0.2, 0.25) is 5.82 Å². The molecule has 1 amide bonds. The summed E-state index contributed by atoms with van der Waals surface area (Å²) in [4.78, 5) is 23.9. The van der Waals surface area contributed by atoms with Gasteiger partial charge >= 0.3 is 0 Å². The minimum Gasteiger partial charge on any atom is -0.487 e. The highest BCUT2D eigenvalue weighted by molar-refractivity contribution is 7.13. The number of rotatable bonds is 5. The predicted molar refractivity (Wildman–Crippen MR) is 117 cm³/mol. The minimum atomic E-state index is -0.0165. The number of amides is 1. The molecule has 3 heterocycles. The van der Waals surface area contributed by atoms with Gasteiger partial charge in [-0.05, 0) is 38.1 Å². The van der Waals surface area contributed by atoms with Crippen LogP contribution < -0.4 is 4.74 Å². The van der Waals surface area contributed by atoms with Crippen molar-refractivity contribution in [3.8, 4) is 28.6 Å². The molecular weight excluding hydrogens is 412 g/mol. The number of benzene rings is 2. The van der Waals surface area contributed by atoms with E-state index in [1.165, 1.54) is 11.3 Å². The fourth-order valence-electron chi connectivity index (χ4n) is 3.47. The van der Waals surface area contributed by atoms with E-state index < -0.39 is 0 Å². The van der Waals surface area contributed by atoms with Crippen LogP contribution in [0.4, 0.5) is 0 Å². The van der Waals surface area contributed by atoms with Crippen LogP contribution in [-0.4, -0.2) is 45.1 Å². The fraction of sp³-hybridized carbons (Fsp3) is 0.217. The number of hydrogen-bond acceptors (Lipinski definition) is 7. The largest absolute Gasteiger partial charge is 0.487 e. The highest BCUT2D eigenvalue weighted by Crippen LogP contribution is 2.27. The van der Waals surface area contributed by atoms with Crippen LogP contribution in [0.25, 0.3) is 22.8 Å². The number of ether oxygens (including phenoxy) is 1. The molecule has 0 unspecified atom stereocenters. The predicted octanol–water partition coefficient (Wildman–Crippen LogP) is 4.38. The summed E-state index contributed by atoms with van der Waals surface area (Å²) in [6, 6.07) is 17.2. The minimum absolute atomic E-state index is 0.0165. The second-order valence-electron chi connectivity index (χ2n) is 7.41. The van der Waals surface area contributed by atoms with Crippen molar-refractivity contribution in [2.45, 2.75) is 20.0 Å². The van der Waals surface area contributed by atoms with Gasteiger partial charge in [-0.1, -0.05) is 35.5 Å². The molecule has 0 atom stereocenters. The van der Waals surface area contributed by atoms with Crippen molar-refractivity contribution in [1.82, 2.24) is 20.0 Å². The Morgan fingerprint density at radius 2 is 1.77 bits per heavy atom. The molecule has 2 aromatic heterocycles. The summed E-state index contributed by atoms with van der Waals surface area (Å²) in [7, 11) is 0. The average molecular weight is 433 g/mol. The summed E-state index contributed by atoms with van der Waals surface area (Å²) in [5, 5.41) is 4.96. The highest BCUT2D eigenvalue weighted by Gasteiger charge is 2.34. The van der Waals surface area contributed by atoms with Crippen LogP contribution in [0.15, 0.2) is 59.1 Å². The molecule has 7 nitrogen and oxygen atoms in total. The zero-order chi connectivity index (χ0) is 21.4. The van der Waals surface area contributed by atoms with E-state index in [-0.39, 0.29) is 12.0 Å². The monoisotopic (exact) mass is 432 g/mol. The Labute approximate surface area is 183 Å². The first kappa shape index (κ1) is 19.4. The van der Waals surface area contributed by atoms with Crippen LogP contribution in [0.2, 0.25) is 0 Å². The second-order valence-corrected chi connectivity index (χ2v) is 8.61. The molecule has 1 aliphatic heterocycles. The number of carbonyl (C=O) groups is 1. The summed E-state index contributed by atoms with van der Waals surface area (Å²) < 4.78 is 11.4. The lowest BCUT2D eigenvalue weighted by Gasteiger charge is -2.38. The summed E-state index contributed by atoms with van der Waals surface area (Å²) in [5.74, 6) is 1.79. The standard InChI is InChI=1S/C23H20N4O3S/c1-14-20(31-15(2)24-14)23(28)27-12-19(13-27)29-18-10-8-17(9-11-18)22-25-21(26-30-22)16-6-4-3-5-7-16/h3-11,19H,12-13H2,1-2H3. The lowest BCUT2D eigenvalue weighted by atomic mass is 10.1. The summed E-state index contributed by atoms with van der Waals surface area (Å²) in [6.07, 6.45) is -0.0165.